The molecule has 152 valence electrons. The van der Waals surface area contributed by atoms with Crippen molar-refractivity contribution in [3.8, 4) is 0 Å². The second kappa shape index (κ2) is 10.4. The molecule has 0 bridgehead atoms. The molecule has 0 saturated heterocycles. The minimum atomic E-state index is -1.54. The summed E-state index contributed by atoms with van der Waals surface area (Å²) in [5.41, 5.74) is 10.9. The van der Waals surface area contributed by atoms with Gasteiger partial charge < -0.3 is 41.8 Å². The first-order chi connectivity index (χ1) is 12.6. The van der Waals surface area contributed by atoms with Crippen molar-refractivity contribution in [1.29, 1.82) is 0 Å². The molecule has 0 aliphatic rings. The lowest BCUT2D eigenvalue weighted by Gasteiger charge is -2.20. The van der Waals surface area contributed by atoms with Crippen molar-refractivity contribution in [2.75, 3.05) is 6.61 Å². The van der Waals surface area contributed by atoms with Crippen LogP contribution in [0.15, 0.2) is 4.42 Å². The number of carboxylic acid groups (broad SMARTS) is 1. The number of aliphatic hydroxyl groups is 2. The van der Waals surface area contributed by atoms with Crippen LogP contribution in [0, 0.1) is 0 Å². The number of aliphatic carboxylic acids is 1. The molecule has 27 heavy (non-hydrogen) atoms. The van der Waals surface area contributed by atoms with Gasteiger partial charge in [-0.15, -0.1) is 10.2 Å². The van der Waals surface area contributed by atoms with Crippen LogP contribution in [0.4, 0.5) is 4.79 Å². The van der Waals surface area contributed by atoms with E-state index in [-0.39, 0.29) is 37.7 Å². The van der Waals surface area contributed by atoms with Gasteiger partial charge >= 0.3 is 12.0 Å². The molecule has 3 amide bonds. The normalized spacial score (nSPS) is 15.4. The Balaban J connectivity index is 2.89. The molecule has 4 atom stereocenters. The third-order valence-corrected chi connectivity index (χ3v) is 3.53. The van der Waals surface area contributed by atoms with E-state index in [1.807, 2.05) is 0 Å². The summed E-state index contributed by atoms with van der Waals surface area (Å²) in [4.78, 5) is 34.2. The molecule has 1 unspecified atom stereocenters. The number of urea groups is 1. The molecule has 0 aromatic carbocycles. The third-order valence-electron chi connectivity index (χ3n) is 3.53. The van der Waals surface area contributed by atoms with Crippen molar-refractivity contribution in [3.05, 3.63) is 11.8 Å². The zero-order valence-corrected chi connectivity index (χ0v) is 14.7. The fourth-order valence-electron chi connectivity index (χ4n) is 2.07. The van der Waals surface area contributed by atoms with E-state index >= 15 is 0 Å². The van der Waals surface area contributed by atoms with Gasteiger partial charge in [0.2, 0.25) is 17.7 Å². The second-order valence-corrected chi connectivity index (χ2v) is 5.83. The number of aromatic nitrogens is 2. The van der Waals surface area contributed by atoms with Gasteiger partial charge in [0.1, 0.15) is 6.04 Å². The molecule has 0 fully saturated rings. The molecule has 0 aliphatic heterocycles. The summed E-state index contributed by atoms with van der Waals surface area (Å²) < 4.78 is 5.37. The summed E-state index contributed by atoms with van der Waals surface area (Å²) in [6.45, 7) is 1.01. The SMILES string of the molecule is CC(O)[C@H](NC(=O)N[C@@H](CCC(N)=O)c1nnc([C@@H](N)CCO)o1)C(=O)O. The number of nitrogens with zero attached hydrogens (tertiary/aromatic N) is 2. The first-order valence-electron chi connectivity index (χ1n) is 8.11. The number of primary amides is 1. The van der Waals surface area contributed by atoms with Crippen LogP contribution in [0.25, 0.3) is 0 Å². The lowest BCUT2D eigenvalue weighted by Crippen LogP contribution is -2.51. The Kier molecular flexibility index (Phi) is 8.58. The number of carboxylic acids is 1. The first-order valence-corrected chi connectivity index (χ1v) is 8.11. The Morgan fingerprint density at radius 1 is 1.19 bits per heavy atom. The second-order valence-electron chi connectivity index (χ2n) is 5.83. The molecule has 0 radical (unpaired) electrons. The van der Waals surface area contributed by atoms with Crippen molar-refractivity contribution in [2.24, 2.45) is 11.5 Å². The van der Waals surface area contributed by atoms with Gasteiger partial charge in [0.15, 0.2) is 6.04 Å². The van der Waals surface area contributed by atoms with E-state index in [1.54, 1.807) is 0 Å². The quantitative estimate of drug-likeness (QED) is 0.218. The van der Waals surface area contributed by atoms with Gasteiger partial charge in [-0.1, -0.05) is 0 Å². The highest BCUT2D eigenvalue weighted by Crippen LogP contribution is 2.20. The number of rotatable bonds is 11. The molecular formula is C14H24N6O7. The van der Waals surface area contributed by atoms with Crippen molar-refractivity contribution in [3.63, 3.8) is 0 Å². The fraction of sp³-hybridized carbons (Fsp3) is 0.643. The number of carbonyl (C=O) groups is 3. The largest absolute Gasteiger partial charge is 0.480 e. The highest BCUT2D eigenvalue weighted by Gasteiger charge is 2.28. The highest BCUT2D eigenvalue weighted by molar-refractivity contribution is 5.83. The smallest absolute Gasteiger partial charge is 0.328 e. The Hall–Kier alpha value is -2.77. The van der Waals surface area contributed by atoms with E-state index in [9.17, 15) is 19.5 Å². The number of nitrogens with one attached hydrogen (secondary N) is 2. The summed E-state index contributed by atoms with van der Waals surface area (Å²) in [6.07, 6.45) is -1.28. The molecule has 0 aliphatic carbocycles. The number of hydrogen-bond acceptors (Lipinski definition) is 9. The van der Waals surface area contributed by atoms with E-state index in [1.165, 1.54) is 6.92 Å². The predicted molar refractivity (Wildman–Crippen MR) is 88.9 cm³/mol. The molecule has 0 saturated carbocycles. The number of hydrogen-bond donors (Lipinski definition) is 7. The fourth-order valence-corrected chi connectivity index (χ4v) is 2.07. The van der Waals surface area contributed by atoms with E-state index in [0.29, 0.717) is 0 Å². The molecule has 1 rings (SSSR count). The maximum absolute atomic E-state index is 12.1. The minimum Gasteiger partial charge on any atom is -0.480 e. The van der Waals surface area contributed by atoms with E-state index in [2.05, 4.69) is 20.8 Å². The van der Waals surface area contributed by atoms with Crippen LogP contribution < -0.4 is 22.1 Å². The van der Waals surface area contributed by atoms with Crippen LogP contribution >= 0.6 is 0 Å². The van der Waals surface area contributed by atoms with Gasteiger partial charge in [-0.3, -0.25) is 4.79 Å². The van der Waals surface area contributed by atoms with Crippen LogP contribution in [0.1, 0.15) is 50.1 Å². The minimum absolute atomic E-state index is 0.00599. The summed E-state index contributed by atoms with van der Waals surface area (Å²) in [5.74, 6) is -2.10. The molecule has 1 aromatic rings. The number of amides is 3. The molecule has 13 heteroatoms. The number of aliphatic hydroxyl groups excluding tert-OH is 2. The van der Waals surface area contributed by atoms with Gasteiger partial charge in [-0.2, -0.15) is 0 Å². The van der Waals surface area contributed by atoms with E-state index in [4.69, 9.17) is 26.1 Å². The average molecular weight is 388 g/mol. The van der Waals surface area contributed by atoms with Gasteiger partial charge in [0.25, 0.3) is 0 Å². The first kappa shape index (κ1) is 22.3. The van der Waals surface area contributed by atoms with Gasteiger partial charge in [-0.05, 0) is 19.8 Å². The van der Waals surface area contributed by atoms with Crippen LogP contribution in [-0.2, 0) is 9.59 Å². The molecule has 1 heterocycles. The van der Waals surface area contributed by atoms with E-state index in [0.717, 1.165) is 0 Å². The highest BCUT2D eigenvalue weighted by atomic mass is 16.4. The summed E-state index contributed by atoms with van der Waals surface area (Å²) in [7, 11) is 0. The van der Waals surface area contributed by atoms with Gasteiger partial charge in [0.05, 0.1) is 12.1 Å². The van der Waals surface area contributed by atoms with Crippen molar-refractivity contribution >= 4 is 17.9 Å². The maximum atomic E-state index is 12.1. The van der Waals surface area contributed by atoms with Crippen LogP contribution in [0.2, 0.25) is 0 Å². The Labute approximate surface area is 154 Å². The molecule has 13 nitrogen and oxygen atoms in total. The molecule has 0 spiro atoms. The molecule has 1 aromatic heterocycles. The predicted octanol–water partition coefficient (Wildman–Crippen LogP) is -2.11. The zero-order chi connectivity index (χ0) is 20.6. The molecular weight excluding hydrogens is 364 g/mol. The van der Waals surface area contributed by atoms with E-state index < -0.39 is 42.1 Å². The monoisotopic (exact) mass is 388 g/mol. The summed E-state index contributed by atoms with van der Waals surface area (Å²) >= 11 is 0. The summed E-state index contributed by atoms with van der Waals surface area (Å²) in [5, 5.41) is 39.3. The number of nitrogens with two attached hydrogens (primary N) is 2. The average Bonchev–Trinajstić information content (AvgIpc) is 3.06. The van der Waals surface area contributed by atoms with Crippen molar-refractivity contribution < 1.29 is 34.1 Å². The topological polar surface area (TPSA) is 227 Å². The summed E-state index contributed by atoms with van der Waals surface area (Å²) in [6, 6.07) is -4.15. The number of carbonyl (C=O) groups excluding carboxylic acids is 2. The molecule has 9 N–H and O–H groups in total. The Morgan fingerprint density at radius 3 is 2.33 bits per heavy atom. The lowest BCUT2D eigenvalue weighted by atomic mass is 10.1. The third kappa shape index (κ3) is 7.16. The van der Waals surface area contributed by atoms with Crippen molar-refractivity contribution in [2.45, 2.75) is 50.4 Å². The van der Waals surface area contributed by atoms with Gasteiger partial charge in [0, 0.05) is 13.0 Å². The Bertz CT molecular complexity index is 650. The Morgan fingerprint density at radius 2 is 1.81 bits per heavy atom. The lowest BCUT2D eigenvalue weighted by molar-refractivity contribution is -0.141. The van der Waals surface area contributed by atoms with Crippen LogP contribution in [0.3, 0.4) is 0 Å². The van der Waals surface area contributed by atoms with Crippen molar-refractivity contribution in [1.82, 2.24) is 20.8 Å². The zero-order valence-electron chi connectivity index (χ0n) is 14.7. The van der Waals surface area contributed by atoms with Crippen LogP contribution in [0.5, 0.6) is 0 Å². The maximum Gasteiger partial charge on any atom is 0.328 e. The van der Waals surface area contributed by atoms with Gasteiger partial charge in [-0.25, -0.2) is 9.59 Å². The van der Waals surface area contributed by atoms with Crippen LogP contribution in [-0.4, -0.2) is 62.2 Å². The standard InChI is InChI=1S/C14H24N6O7/c1-6(22)10(13(24)25)18-14(26)17-8(2-3-9(16)23)12-20-19-11(27-12)7(15)4-5-21/h6-8,10,21-22H,2-5,15H2,1H3,(H2,16,23)(H,24,25)(H2,17,18,26)/t6?,7-,8-,10-/m0/s1.